The number of fused-ring (bicyclic) bond motifs is 3. The third-order valence-electron chi connectivity index (χ3n) is 12.0. The van der Waals surface area contributed by atoms with Crippen LogP contribution < -0.4 is 0 Å². The van der Waals surface area contributed by atoms with Crippen molar-refractivity contribution in [3.63, 3.8) is 0 Å². The molecule has 0 fully saturated rings. The summed E-state index contributed by atoms with van der Waals surface area (Å²) in [5.74, 6) is 0.549. The van der Waals surface area contributed by atoms with Crippen molar-refractivity contribution in [2.75, 3.05) is 0 Å². The molecule has 0 aliphatic carbocycles. The van der Waals surface area contributed by atoms with Crippen molar-refractivity contribution < 1.29 is 12.6 Å². The smallest absolute Gasteiger partial charge is 0.164 e. The summed E-state index contributed by atoms with van der Waals surface area (Å²) in [6.45, 7) is 0. The van der Waals surface area contributed by atoms with Crippen LogP contribution in [0.5, 0.6) is 0 Å². The lowest BCUT2D eigenvalue weighted by Crippen LogP contribution is -2.00. The SMILES string of the molecule is [2H]c1c(-c2ccccc2-c2ccccc2)c([2H])c2c(oc3c([2H])c(-c4nc(-c5ccc(-c6cccc(-c7ccccc7)c6)cc5)nc(-c5cc(-c6ccccc6)cc(-c6ccccc6)c5)n4)c([2H])c([2H])c32)c1[2H]. The third kappa shape index (κ3) is 7.88. The lowest BCUT2D eigenvalue weighted by molar-refractivity contribution is 0.669. The van der Waals surface area contributed by atoms with E-state index in [9.17, 15) is 8.22 Å². The molecule has 4 heteroatoms. The van der Waals surface area contributed by atoms with Gasteiger partial charge >= 0.3 is 0 Å². The van der Waals surface area contributed by atoms with Crippen LogP contribution in [0.4, 0.5) is 0 Å². The molecule has 0 atom stereocenters. The summed E-state index contributed by atoms with van der Waals surface area (Å²) < 4.78 is 63.5. The minimum atomic E-state index is -0.355. The van der Waals surface area contributed by atoms with Gasteiger partial charge in [0.1, 0.15) is 11.2 Å². The van der Waals surface area contributed by atoms with Crippen LogP contribution in [0.25, 0.3) is 123 Å². The first kappa shape index (κ1) is 33.5. The number of aromatic nitrogens is 3. The number of hydrogen-bond donors (Lipinski definition) is 0. The highest BCUT2D eigenvalue weighted by Crippen LogP contribution is 2.39. The van der Waals surface area contributed by atoms with Gasteiger partial charge in [-0.3, -0.25) is 0 Å². The fourth-order valence-corrected chi connectivity index (χ4v) is 8.63. The Labute approximate surface area is 397 Å². The van der Waals surface area contributed by atoms with Crippen LogP contribution in [0, 0.1) is 0 Å². The Morgan fingerprint density at radius 1 is 0.269 bits per heavy atom. The van der Waals surface area contributed by atoms with Gasteiger partial charge in [0, 0.05) is 27.5 Å². The van der Waals surface area contributed by atoms with Crippen LogP contribution >= 0.6 is 0 Å². The van der Waals surface area contributed by atoms with Crippen LogP contribution in [0.2, 0.25) is 0 Å². The molecule has 4 nitrogen and oxygen atoms in total. The van der Waals surface area contributed by atoms with Gasteiger partial charge in [0.2, 0.25) is 0 Å². The van der Waals surface area contributed by atoms with Gasteiger partial charge in [0.05, 0.1) is 8.22 Å². The van der Waals surface area contributed by atoms with Crippen molar-refractivity contribution in [2.45, 2.75) is 0 Å². The summed E-state index contributed by atoms with van der Waals surface area (Å²) in [5, 5.41) is 0.125. The van der Waals surface area contributed by atoms with E-state index in [0.717, 1.165) is 55.6 Å². The lowest BCUT2D eigenvalue weighted by Gasteiger charge is -2.13. The topological polar surface area (TPSA) is 51.8 Å². The number of furan rings is 1. The molecular weight excluding hydrogens is 815 g/mol. The average Bonchev–Trinajstić information content (AvgIpc) is 3.87. The molecule has 0 bridgehead atoms. The van der Waals surface area contributed by atoms with Gasteiger partial charge in [-0.2, -0.15) is 0 Å². The van der Waals surface area contributed by atoms with Crippen LogP contribution in [-0.4, -0.2) is 15.0 Å². The maximum atomic E-state index is 9.78. The maximum absolute atomic E-state index is 9.78. The second-order valence-corrected chi connectivity index (χ2v) is 16.3. The molecule has 0 saturated carbocycles. The number of hydrogen-bond acceptors (Lipinski definition) is 4. The van der Waals surface area contributed by atoms with Crippen LogP contribution in [-0.2, 0) is 0 Å². The molecule has 0 radical (unpaired) electrons. The molecule has 0 spiro atoms. The zero-order valence-electron chi connectivity index (χ0n) is 42.0. The predicted octanol–water partition coefficient (Wildman–Crippen LogP) is 16.8. The van der Waals surface area contributed by atoms with Gasteiger partial charge in [-0.15, -0.1) is 0 Å². The van der Waals surface area contributed by atoms with E-state index in [0.29, 0.717) is 16.7 Å². The van der Waals surface area contributed by atoms with E-state index in [2.05, 4.69) is 36.4 Å². The molecule has 0 aliphatic rings. The first-order chi connectivity index (χ1) is 35.7. The quantitative estimate of drug-likeness (QED) is 0.145. The highest BCUT2D eigenvalue weighted by atomic mass is 16.3. The van der Waals surface area contributed by atoms with Gasteiger partial charge in [0.15, 0.2) is 17.5 Å². The van der Waals surface area contributed by atoms with E-state index >= 15 is 0 Å². The van der Waals surface area contributed by atoms with Gasteiger partial charge in [0.25, 0.3) is 0 Å². The molecular formula is C63H41N3O. The fraction of sp³-hybridized carbons (Fsp3) is 0. The number of rotatable bonds is 9. The maximum Gasteiger partial charge on any atom is 0.164 e. The van der Waals surface area contributed by atoms with Crippen LogP contribution in [0.3, 0.4) is 0 Å². The van der Waals surface area contributed by atoms with Crippen molar-refractivity contribution >= 4 is 21.9 Å². The fourth-order valence-electron chi connectivity index (χ4n) is 8.63. The van der Waals surface area contributed by atoms with Gasteiger partial charge in [-0.1, -0.05) is 200 Å². The molecule has 0 aliphatic heterocycles. The van der Waals surface area contributed by atoms with E-state index in [4.69, 9.17) is 19.4 Å². The average molecular weight is 862 g/mol. The molecule has 0 amide bonds. The highest BCUT2D eigenvalue weighted by molar-refractivity contribution is 6.07. The Bertz CT molecular complexity index is 4020. The second-order valence-electron chi connectivity index (χ2n) is 16.3. The van der Waals surface area contributed by atoms with Gasteiger partial charge < -0.3 is 4.42 Å². The van der Waals surface area contributed by atoms with Gasteiger partial charge in [-0.05, 0) is 115 Å². The largest absolute Gasteiger partial charge is 0.456 e. The Balaban J connectivity index is 1.06. The summed E-state index contributed by atoms with van der Waals surface area (Å²) in [6.07, 6.45) is 0. The minimum absolute atomic E-state index is 0.0206. The van der Waals surface area contributed by atoms with E-state index in [1.54, 1.807) is 0 Å². The molecule has 10 aromatic carbocycles. The normalized spacial score (nSPS) is 12.5. The number of nitrogens with zero attached hydrogens (tertiary/aromatic N) is 3. The summed E-state index contributed by atoms with van der Waals surface area (Å²) >= 11 is 0. The van der Waals surface area contributed by atoms with Crippen molar-refractivity contribution in [3.05, 3.63) is 249 Å². The molecule has 2 heterocycles. The Morgan fingerprint density at radius 3 is 1.28 bits per heavy atom. The first-order valence-electron chi connectivity index (χ1n) is 25.1. The first-order valence-corrected chi connectivity index (χ1v) is 22.1. The monoisotopic (exact) mass is 861 g/mol. The minimum Gasteiger partial charge on any atom is -0.456 e. The molecule has 2 aromatic heterocycles. The van der Waals surface area contributed by atoms with Crippen molar-refractivity contribution in [3.8, 4) is 101 Å². The van der Waals surface area contributed by atoms with E-state index in [1.807, 2.05) is 176 Å². The Hall–Kier alpha value is -8.99. The molecule has 314 valence electrons. The van der Waals surface area contributed by atoms with Crippen LogP contribution in [0.15, 0.2) is 253 Å². The highest BCUT2D eigenvalue weighted by Gasteiger charge is 2.18. The molecule has 12 aromatic rings. The van der Waals surface area contributed by atoms with Crippen LogP contribution in [0.1, 0.15) is 8.22 Å². The summed E-state index contributed by atoms with van der Waals surface area (Å²) in [4.78, 5) is 15.2. The van der Waals surface area contributed by atoms with Crippen molar-refractivity contribution in [2.24, 2.45) is 0 Å². The standard InChI is InChI=1S/C63H41N3O/c1-5-16-42(17-6-1)48-24-15-25-49(36-48)45-28-30-47(31-29-45)61-64-62(66-63(65-61)54-38-52(43-18-7-2-8-19-43)37-53(39-54)44-20-9-3-10-21-44)51-32-34-57-58-40-50(33-35-59(58)67-60(57)41-51)56-27-14-13-26-55(56)46-22-11-4-12-23-46/h1-41H/i32D,33D,34D,35D,40D,41D. The van der Waals surface area contributed by atoms with Gasteiger partial charge in [-0.25, -0.2) is 15.0 Å². The zero-order chi connectivity index (χ0) is 49.7. The third-order valence-corrected chi connectivity index (χ3v) is 12.0. The molecule has 0 saturated heterocycles. The number of benzene rings is 10. The van der Waals surface area contributed by atoms with E-state index < -0.39 is 0 Å². The summed E-state index contributed by atoms with van der Waals surface area (Å²) in [6, 6.07) is 68.3. The predicted molar refractivity (Wildman–Crippen MR) is 276 cm³/mol. The molecule has 0 N–H and O–H groups in total. The second kappa shape index (κ2) is 17.2. The Morgan fingerprint density at radius 2 is 0.687 bits per heavy atom. The van der Waals surface area contributed by atoms with Crippen molar-refractivity contribution in [1.82, 2.24) is 15.0 Å². The Kier molecular flexibility index (Phi) is 8.60. The summed E-state index contributed by atoms with van der Waals surface area (Å²) in [5.41, 5.74) is 11.5. The zero-order valence-corrected chi connectivity index (χ0v) is 36.0. The van der Waals surface area contributed by atoms with E-state index in [-0.39, 0.29) is 86.8 Å². The molecule has 12 rings (SSSR count). The van der Waals surface area contributed by atoms with Crippen molar-refractivity contribution in [1.29, 1.82) is 0 Å². The molecule has 67 heavy (non-hydrogen) atoms. The summed E-state index contributed by atoms with van der Waals surface area (Å²) in [7, 11) is 0. The molecule has 0 unspecified atom stereocenters. The lowest BCUT2D eigenvalue weighted by atomic mass is 9.94. The van der Waals surface area contributed by atoms with E-state index in [1.165, 1.54) is 0 Å².